The molecule has 1 N–H and O–H groups in total. The Morgan fingerprint density at radius 1 is 1.48 bits per heavy atom. The Morgan fingerprint density at radius 3 is 3.00 bits per heavy atom. The molecule has 0 spiro atoms. The van der Waals surface area contributed by atoms with Gasteiger partial charge in [0.15, 0.2) is 5.65 Å². The van der Waals surface area contributed by atoms with Crippen molar-refractivity contribution in [3.8, 4) is 10.6 Å². The highest BCUT2D eigenvalue weighted by Crippen LogP contribution is 2.28. The largest absolute Gasteiger partial charge is 0.478 e. The van der Waals surface area contributed by atoms with Crippen LogP contribution in [0.2, 0.25) is 0 Å². The third-order valence-corrected chi connectivity index (χ3v) is 4.23. The molecule has 3 aromatic heterocycles. The Balaban J connectivity index is 2.19. The highest BCUT2D eigenvalue weighted by Gasteiger charge is 2.16. The second kappa shape index (κ2) is 5.65. The molecular formula is C15H15N3O2S. The fourth-order valence-corrected chi connectivity index (χ4v) is 2.93. The van der Waals surface area contributed by atoms with E-state index in [9.17, 15) is 9.90 Å². The number of carboxylic acid groups (broad SMARTS) is 1. The normalized spacial score (nSPS) is 11.1. The Bertz CT molecular complexity index is 778. The maximum Gasteiger partial charge on any atom is 0.336 e. The van der Waals surface area contributed by atoms with Crippen LogP contribution in [-0.2, 0) is 6.54 Å². The summed E-state index contributed by atoms with van der Waals surface area (Å²) in [5, 5.41) is 16.3. The molecule has 3 aromatic rings. The van der Waals surface area contributed by atoms with Crippen molar-refractivity contribution in [1.82, 2.24) is 14.8 Å². The SMILES string of the molecule is CCCCn1ncc2c(C(=O)O)cc(-c3cccs3)nc21. The summed E-state index contributed by atoms with van der Waals surface area (Å²) in [5.41, 5.74) is 1.59. The van der Waals surface area contributed by atoms with E-state index in [4.69, 9.17) is 0 Å². The number of aromatic carboxylic acids is 1. The van der Waals surface area contributed by atoms with Gasteiger partial charge in [0.1, 0.15) is 0 Å². The van der Waals surface area contributed by atoms with Gasteiger partial charge in [0.25, 0.3) is 0 Å². The van der Waals surface area contributed by atoms with Gasteiger partial charge in [-0.05, 0) is 23.9 Å². The molecule has 0 unspecified atom stereocenters. The van der Waals surface area contributed by atoms with Crippen LogP contribution in [0, 0.1) is 0 Å². The maximum absolute atomic E-state index is 11.5. The van der Waals surface area contributed by atoms with Gasteiger partial charge in [-0.1, -0.05) is 19.4 Å². The van der Waals surface area contributed by atoms with Gasteiger partial charge in [-0.25, -0.2) is 14.5 Å². The number of thiophene rings is 1. The zero-order chi connectivity index (χ0) is 14.8. The van der Waals surface area contributed by atoms with Gasteiger partial charge in [-0.2, -0.15) is 5.10 Å². The number of nitrogens with zero attached hydrogens (tertiary/aromatic N) is 3. The summed E-state index contributed by atoms with van der Waals surface area (Å²) in [6, 6.07) is 5.50. The molecule has 0 aromatic carbocycles. The van der Waals surface area contributed by atoms with Crippen molar-refractivity contribution in [2.75, 3.05) is 0 Å². The van der Waals surface area contributed by atoms with E-state index in [1.807, 2.05) is 17.5 Å². The summed E-state index contributed by atoms with van der Waals surface area (Å²) >= 11 is 1.55. The van der Waals surface area contributed by atoms with E-state index in [1.165, 1.54) is 0 Å². The number of hydrogen-bond acceptors (Lipinski definition) is 4. The first-order valence-corrected chi connectivity index (χ1v) is 7.72. The molecule has 0 bridgehead atoms. The Morgan fingerprint density at radius 2 is 2.33 bits per heavy atom. The maximum atomic E-state index is 11.5. The third kappa shape index (κ3) is 2.54. The molecule has 21 heavy (non-hydrogen) atoms. The molecule has 5 nitrogen and oxygen atoms in total. The van der Waals surface area contributed by atoms with Crippen LogP contribution in [0.3, 0.4) is 0 Å². The second-order valence-electron chi connectivity index (χ2n) is 4.80. The predicted octanol–water partition coefficient (Wildman–Crippen LogP) is 3.66. The molecular weight excluding hydrogens is 286 g/mol. The Labute approximate surface area is 125 Å². The van der Waals surface area contributed by atoms with Crippen molar-refractivity contribution in [3.05, 3.63) is 35.3 Å². The average molecular weight is 301 g/mol. The molecule has 0 aliphatic heterocycles. The van der Waals surface area contributed by atoms with Crippen molar-refractivity contribution in [2.24, 2.45) is 0 Å². The number of carbonyl (C=O) groups is 1. The van der Waals surface area contributed by atoms with Crippen LogP contribution in [0.5, 0.6) is 0 Å². The molecule has 0 saturated carbocycles. The Kier molecular flexibility index (Phi) is 3.70. The lowest BCUT2D eigenvalue weighted by Crippen LogP contribution is -2.03. The molecule has 0 saturated heterocycles. The van der Waals surface area contributed by atoms with E-state index in [2.05, 4.69) is 17.0 Å². The number of rotatable bonds is 5. The lowest BCUT2D eigenvalue weighted by atomic mass is 10.1. The molecule has 0 aliphatic rings. The molecule has 0 amide bonds. The molecule has 0 atom stereocenters. The molecule has 6 heteroatoms. The minimum absolute atomic E-state index is 0.256. The summed E-state index contributed by atoms with van der Waals surface area (Å²) < 4.78 is 1.79. The van der Waals surface area contributed by atoms with Crippen molar-refractivity contribution in [1.29, 1.82) is 0 Å². The van der Waals surface area contributed by atoms with Crippen molar-refractivity contribution < 1.29 is 9.90 Å². The van der Waals surface area contributed by atoms with Gasteiger partial charge in [0.05, 0.1) is 27.7 Å². The van der Waals surface area contributed by atoms with Crippen LogP contribution in [0.25, 0.3) is 21.6 Å². The van der Waals surface area contributed by atoms with Gasteiger partial charge in [-0.3, -0.25) is 0 Å². The van der Waals surface area contributed by atoms with E-state index >= 15 is 0 Å². The minimum Gasteiger partial charge on any atom is -0.478 e. The van der Waals surface area contributed by atoms with E-state index < -0.39 is 5.97 Å². The van der Waals surface area contributed by atoms with Crippen molar-refractivity contribution in [3.63, 3.8) is 0 Å². The van der Waals surface area contributed by atoms with Crippen LogP contribution in [0.4, 0.5) is 0 Å². The number of aromatic nitrogens is 3. The first-order valence-electron chi connectivity index (χ1n) is 6.84. The highest BCUT2D eigenvalue weighted by molar-refractivity contribution is 7.13. The van der Waals surface area contributed by atoms with E-state index in [0.717, 1.165) is 24.3 Å². The summed E-state index contributed by atoms with van der Waals surface area (Å²) in [5.74, 6) is -0.949. The predicted molar refractivity (Wildman–Crippen MR) is 82.7 cm³/mol. The van der Waals surface area contributed by atoms with Gasteiger partial charge >= 0.3 is 5.97 Å². The van der Waals surface area contributed by atoms with Gasteiger partial charge in [-0.15, -0.1) is 11.3 Å². The number of fused-ring (bicyclic) bond motifs is 1. The first kappa shape index (κ1) is 13.8. The molecule has 0 radical (unpaired) electrons. The second-order valence-corrected chi connectivity index (χ2v) is 5.74. The highest BCUT2D eigenvalue weighted by atomic mass is 32.1. The van der Waals surface area contributed by atoms with E-state index in [0.29, 0.717) is 16.7 Å². The summed E-state index contributed by atoms with van der Waals surface area (Å²) in [4.78, 5) is 17.1. The van der Waals surface area contributed by atoms with E-state index in [-0.39, 0.29) is 5.56 Å². The fourth-order valence-electron chi connectivity index (χ4n) is 2.25. The number of pyridine rings is 1. The molecule has 3 heterocycles. The van der Waals surface area contributed by atoms with Crippen molar-refractivity contribution in [2.45, 2.75) is 26.3 Å². The first-order chi connectivity index (χ1) is 10.2. The van der Waals surface area contributed by atoms with Gasteiger partial charge < -0.3 is 5.11 Å². The van der Waals surface area contributed by atoms with Gasteiger partial charge in [0.2, 0.25) is 0 Å². The number of carboxylic acids is 1. The molecule has 108 valence electrons. The lowest BCUT2D eigenvalue weighted by molar-refractivity contribution is 0.0699. The van der Waals surface area contributed by atoms with E-state index in [1.54, 1.807) is 28.3 Å². The zero-order valence-corrected chi connectivity index (χ0v) is 12.4. The number of hydrogen-bond donors (Lipinski definition) is 1. The van der Waals surface area contributed by atoms with Crippen LogP contribution >= 0.6 is 11.3 Å². The third-order valence-electron chi connectivity index (χ3n) is 3.34. The van der Waals surface area contributed by atoms with Crippen LogP contribution in [0.1, 0.15) is 30.1 Å². The quantitative estimate of drug-likeness (QED) is 0.781. The molecule has 0 aliphatic carbocycles. The topological polar surface area (TPSA) is 68.0 Å². The standard InChI is InChI=1S/C15H15N3O2S/c1-2-3-6-18-14-11(9-16-18)10(15(19)20)8-12(17-14)13-5-4-7-21-13/h4-5,7-9H,2-3,6H2,1H3,(H,19,20). The van der Waals surface area contributed by atoms with Gasteiger partial charge in [0, 0.05) is 6.54 Å². The fraction of sp³-hybridized carbons (Fsp3) is 0.267. The lowest BCUT2D eigenvalue weighted by Gasteiger charge is -2.05. The van der Waals surface area contributed by atoms with Crippen molar-refractivity contribution >= 4 is 28.3 Å². The van der Waals surface area contributed by atoms with Crippen LogP contribution < -0.4 is 0 Å². The van der Waals surface area contributed by atoms with Crippen LogP contribution in [0.15, 0.2) is 29.8 Å². The molecule has 0 fully saturated rings. The number of aryl methyl sites for hydroxylation is 1. The minimum atomic E-state index is -0.949. The smallest absolute Gasteiger partial charge is 0.336 e. The Hall–Kier alpha value is -2.21. The van der Waals surface area contributed by atoms with Crippen LogP contribution in [-0.4, -0.2) is 25.8 Å². The number of unbranched alkanes of at least 4 members (excludes halogenated alkanes) is 1. The zero-order valence-electron chi connectivity index (χ0n) is 11.6. The monoisotopic (exact) mass is 301 g/mol. The summed E-state index contributed by atoms with van der Waals surface area (Å²) in [6.45, 7) is 2.86. The molecule has 3 rings (SSSR count). The summed E-state index contributed by atoms with van der Waals surface area (Å²) in [6.07, 6.45) is 3.64. The summed E-state index contributed by atoms with van der Waals surface area (Å²) in [7, 11) is 0. The average Bonchev–Trinajstić information content (AvgIpc) is 3.13.